The van der Waals surface area contributed by atoms with Crippen LogP contribution in [0.1, 0.15) is 25.0 Å². The zero-order valence-electron chi connectivity index (χ0n) is 24.1. The SMILES string of the molecule is CC(C)C(OC(=O)[C@@H](N)Cc1cccc(S(=O)(=O)N2CC(Oc3ccc(Cl)cc3)(c3ccccc3)C2)c1)C(=O)N(C)C. The number of benzene rings is 3. The first kappa shape index (κ1) is 31.5. The van der Waals surface area contributed by atoms with Crippen molar-refractivity contribution < 1.29 is 27.5 Å². The summed E-state index contributed by atoms with van der Waals surface area (Å²) in [5, 5.41) is 0.573. The van der Waals surface area contributed by atoms with Crippen molar-refractivity contribution in [2.75, 3.05) is 27.2 Å². The molecule has 1 unspecified atom stereocenters. The summed E-state index contributed by atoms with van der Waals surface area (Å²) in [5.41, 5.74) is 6.66. The molecule has 0 bridgehead atoms. The number of esters is 1. The van der Waals surface area contributed by atoms with Crippen molar-refractivity contribution >= 4 is 33.5 Å². The van der Waals surface area contributed by atoms with E-state index in [-0.39, 0.29) is 36.2 Å². The molecular weight excluding hydrogens is 578 g/mol. The highest BCUT2D eigenvalue weighted by Crippen LogP contribution is 2.40. The molecule has 3 aromatic rings. The van der Waals surface area contributed by atoms with Gasteiger partial charge in [-0.15, -0.1) is 0 Å². The number of rotatable bonds is 11. The van der Waals surface area contributed by atoms with Crippen LogP contribution in [-0.4, -0.2) is 68.8 Å². The van der Waals surface area contributed by atoms with Crippen molar-refractivity contribution in [1.29, 1.82) is 0 Å². The molecule has 224 valence electrons. The molecule has 0 aliphatic carbocycles. The van der Waals surface area contributed by atoms with Crippen LogP contribution in [0.3, 0.4) is 0 Å². The molecule has 1 aliphatic rings. The van der Waals surface area contributed by atoms with Crippen LogP contribution in [0.25, 0.3) is 0 Å². The Kier molecular flexibility index (Phi) is 9.62. The number of amides is 1. The molecule has 1 amide bonds. The number of carbonyl (C=O) groups excluding carboxylic acids is 2. The van der Waals surface area contributed by atoms with E-state index < -0.39 is 33.7 Å². The molecule has 3 aromatic carbocycles. The Balaban J connectivity index is 1.48. The van der Waals surface area contributed by atoms with Crippen LogP contribution in [0.2, 0.25) is 5.02 Å². The number of carbonyl (C=O) groups is 2. The number of likely N-dealkylation sites (N-methyl/N-ethyl adjacent to an activating group) is 1. The van der Waals surface area contributed by atoms with Gasteiger partial charge in [-0.25, -0.2) is 8.42 Å². The minimum absolute atomic E-state index is 0.0385. The van der Waals surface area contributed by atoms with Gasteiger partial charge in [0.1, 0.15) is 11.8 Å². The molecule has 1 heterocycles. The zero-order chi connectivity index (χ0) is 30.7. The van der Waals surface area contributed by atoms with E-state index in [1.165, 1.54) is 21.3 Å². The molecule has 0 saturated carbocycles. The van der Waals surface area contributed by atoms with Crippen molar-refractivity contribution in [3.05, 3.63) is 95.0 Å². The molecule has 0 spiro atoms. The van der Waals surface area contributed by atoms with E-state index in [1.807, 2.05) is 30.3 Å². The van der Waals surface area contributed by atoms with Crippen LogP contribution in [0.15, 0.2) is 83.8 Å². The van der Waals surface area contributed by atoms with E-state index >= 15 is 0 Å². The van der Waals surface area contributed by atoms with Crippen molar-refractivity contribution in [2.24, 2.45) is 11.7 Å². The highest BCUT2D eigenvalue weighted by molar-refractivity contribution is 7.89. The standard InChI is InChI=1S/C31H36ClN3O6S/c1-21(2)28(29(36)34(3)4)40-30(37)27(33)18-22-9-8-12-26(17-22)42(38,39)35-19-31(20-35,23-10-6-5-7-11-23)41-25-15-13-24(32)14-16-25/h5-17,21,27-28H,18-20,33H2,1-4H3/t27-,28?/m0/s1. The lowest BCUT2D eigenvalue weighted by molar-refractivity contribution is -0.163. The number of nitrogens with zero attached hydrogens (tertiary/aromatic N) is 2. The van der Waals surface area contributed by atoms with Gasteiger partial charge in [0.05, 0.1) is 18.0 Å². The topological polar surface area (TPSA) is 119 Å². The van der Waals surface area contributed by atoms with Gasteiger partial charge in [0, 0.05) is 19.1 Å². The number of nitrogens with two attached hydrogens (primary N) is 1. The maximum atomic E-state index is 13.6. The third kappa shape index (κ3) is 6.95. The van der Waals surface area contributed by atoms with E-state index in [1.54, 1.807) is 64.3 Å². The predicted octanol–water partition coefficient (Wildman–Crippen LogP) is 3.84. The van der Waals surface area contributed by atoms with E-state index in [0.29, 0.717) is 16.3 Å². The fraction of sp³-hybridized carbons (Fsp3) is 0.355. The predicted molar refractivity (Wildman–Crippen MR) is 160 cm³/mol. The normalized spacial score (nSPS) is 16.3. The Morgan fingerprint density at radius 2 is 1.64 bits per heavy atom. The van der Waals surface area contributed by atoms with E-state index in [2.05, 4.69) is 0 Å². The fourth-order valence-corrected chi connectivity index (χ4v) is 6.46. The van der Waals surface area contributed by atoms with Crippen LogP contribution in [0.5, 0.6) is 5.75 Å². The summed E-state index contributed by atoms with van der Waals surface area (Å²) in [7, 11) is -0.712. The second-order valence-corrected chi connectivity index (χ2v) is 13.4. The van der Waals surface area contributed by atoms with Gasteiger partial charge in [-0.05, 0) is 59.9 Å². The van der Waals surface area contributed by atoms with Crippen molar-refractivity contribution in [3.8, 4) is 5.75 Å². The molecule has 0 radical (unpaired) electrons. The molecule has 42 heavy (non-hydrogen) atoms. The maximum absolute atomic E-state index is 13.6. The van der Waals surface area contributed by atoms with Crippen molar-refractivity contribution in [1.82, 2.24) is 9.21 Å². The number of hydrogen-bond acceptors (Lipinski definition) is 7. The van der Waals surface area contributed by atoms with Crippen molar-refractivity contribution in [3.63, 3.8) is 0 Å². The average Bonchev–Trinajstić information content (AvgIpc) is 2.94. The molecule has 1 fully saturated rings. The Bertz CT molecular complexity index is 1510. The highest BCUT2D eigenvalue weighted by Gasteiger charge is 2.52. The first-order chi connectivity index (χ1) is 19.8. The van der Waals surface area contributed by atoms with Gasteiger partial charge in [-0.3, -0.25) is 9.59 Å². The minimum atomic E-state index is -3.88. The summed E-state index contributed by atoms with van der Waals surface area (Å²) in [4.78, 5) is 26.6. The summed E-state index contributed by atoms with van der Waals surface area (Å²) >= 11 is 6.03. The molecule has 1 aliphatic heterocycles. The van der Waals surface area contributed by atoms with Crippen LogP contribution in [0.4, 0.5) is 0 Å². The number of hydrogen-bond donors (Lipinski definition) is 1. The quantitative estimate of drug-likeness (QED) is 0.326. The first-order valence-electron chi connectivity index (χ1n) is 13.6. The van der Waals surface area contributed by atoms with Crippen LogP contribution in [0, 0.1) is 5.92 Å². The summed E-state index contributed by atoms with van der Waals surface area (Å²) in [6, 6.07) is 21.7. The van der Waals surface area contributed by atoms with E-state index in [4.69, 9.17) is 26.8 Å². The Morgan fingerprint density at radius 1 is 1.00 bits per heavy atom. The Morgan fingerprint density at radius 3 is 2.24 bits per heavy atom. The fourth-order valence-electron chi connectivity index (χ4n) is 4.73. The van der Waals surface area contributed by atoms with Gasteiger partial charge >= 0.3 is 5.97 Å². The van der Waals surface area contributed by atoms with Gasteiger partial charge in [0.25, 0.3) is 5.91 Å². The monoisotopic (exact) mass is 613 g/mol. The molecular formula is C31H36ClN3O6S. The van der Waals surface area contributed by atoms with Crippen molar-refractivity contribution in [2.45, 2.75) is 42.9 Å². The summed E-state index contributed by atoms with van der Waals surface area (Å²) < 4.78 is 40.5. The lowest BCUT2D eigenvalue weighted by atomic mass is 9.87. The first-order valence-corrected chi connectivity index (χ1v) is 15.4. The zero-order valence-corrected chi connectivity index (χ0v) is 25.6. The maximum Gasteiger partial charge on any atom is 0.324 e. The third-order valence-corrected chi connectivity index (χ3v) is 9.16. The number of ether oxygens (including phenoxy) is 2. The smallest absolute Gasteiger partial charge is 0.324 e. The largest absolute Gasteiger partial charge is 0.480 e. The summed E-state index contributed by atoms with van der Waals surface area (Å²) in [5.74, 6) is -0.727. The Hall–Kier alpha value is -3.44. The second-order valence-electron chi connectivity index (χ2n) is 11.0. The molecule has 2 N–H and O–H groups in total. The van der Waals surface area contributed by atoms with Gasteiger partial charge in [-0.1, -0.05) is 67.9 Å². The highest BCUT2D eigenvalue weighted by atomic mass is 35.5. The van der Waals surface area contributed by atoms with Crippen LogP contribution < -0.4 is 10.5 Å². The van der Waals surface area contributed by atoms with Crippen LogP contribution >= 0.6 is 11.6 Å². The number of sulfonamides is 1. The minimum Gasteiger partial charge on any atom is -0.480 e. The van der Waals surface area contributed by atoms with E-state index in [0.717, 1.165) is 5.56 Å². The van der Waals surface area contributed by atoms with Gasteiger partial charge in [-0.2, -0.15) is 4.31 Å². The Labute approximate surface area is 252 Å². The average molecular weight is 614 g/mol. The summed E-state index contributed by atoms with van der Waals surface area (Å²) in [6.45, 7) is 3.77. The summed E-state index contributed by atoms with van der Waals surface area (Å²) in [6.07, 6.45) is -0.923. The van der Waals surface area contributed by atoms with Gasteiger partial charge in [0.15, 0.2) is 11.7 Å². The van der Waals surface area contributed by atoms with Gasteiger partial charge in [0.2, 0.25) is 10.0 Å². The third-order valence-electron chi connectivity index (χ3n) is 7.12. The van der Waals surface area contributed by atoms with Gasteiger partial charge < -0.3 is 20.1 Å². The molecule has 2 atom stereocenters. The molecule has 1 saturated heterocycles. The molecule has 9 nitrogen and oxygen atoms in total. The lowest BCUT2D eigenvalue weighted by Gasteiger charge is -2.48. The molecule has 0 aromatic heterocycles. The molecule has 4 rings (SSSR count). The lowest BCUT2D eigenvalue weighted by Crippen LogP contribution is -2.64. The van der Waals surface area contributed by atoms with Crippen LogP contribution in [-0.2, 0) is 36.4 Å². The van der Waals surface area contributed by atoms with E-state index in [9.17, 15) is 18.0 Å². The second kappa shape index (κ2) is 12.8. The molecule has 11 heteroatoms. The number of halogens is 1.